The summed E-state index contributed by atoms with van der Waals surface area (Å²) in [5.74, 6) is 0.379. The molecule has 0 atom stereocenters. The van der Waals surface area contributed by atoms with Crippen LogP contribution in [0, 0.1) is 0 Å². The summed E-state index contributed by atoms with van der Waals surface area (Å²) in [6, 6.07) is 3.74. The molecule has 1 N–H and O–H groups in total. The van der Waals surface area contributed by atoms with Crippen LogP contribution in [0.25, 0.3) is 16.7 Å². The number of carbonyl (C=O) groups is 1. The molecule has 0 saturated carbocycles. The molecule has 2 aliphatic rings. The maximum absolute atomic E-state index is 12.0. The number of benzene rings is 1. The van der Waals surface area contributed by atoms with E-state index in [1.807, 2.05) is 12.1 Å². The number of methoxy groups -OCH3 is 1. The molecule has 1 aliphatic carbocycles. The molecule has 0 unspecified atom stereocenters. The van der Waals surface area contributed by atoms with Gasteiger partial charge in [-0.3, -0.25) is 9.78 Å². The molecular formula is C20H18Cl2N2O3. The fourth-order valence-corrected chi connectivity index (χ4v) is 4.39. The monoisotopic (exact) mass is 404 g/mol. The van der Waals surface area contributed by atoms with Gasteiger partial charge in [-0.15, -0.1) is 0 Å². The first-order valence-corrected chi connectivity index (χ1v) is 9.39. The lowest BCUT2D eigenvalue weighted by molar-refractivity contribution is -0.133. The fourth-order valence-electron chi connectivity index (χ4n) is 3.95. The van der Waals surface area contributed by atoms with Gasteiger partial charge in [0.15, 0.2) is 0 Å². The molecule has 1 aromatic heterocycles. The van der Waals surface area contributed by atoms with Crippen molar-refractivity contribution in [2.45, 2.75) is 12.8 Å². The van der Waals surface area contributed by atoms with Gasteiger partial charge >= 0.3 is 0 Å². The molecule has 0 bridgehead atoms. The van der Waals surface area contributed by atoms with E-state index in [1.54, 1.807) is 24.4 Å². The van der Waals surface area contributed by atoms with E-state index in [1.165, 1.54) is 5.57 Å². The molecule has 4 rings (SSSR count). The summed E-state index contributed by atoms with van der Waals surface area (Å²) in [7, 11) is 1.60. The lowest BCUT2D eigenvalue weighted by atomic mass is 9.92. The number of hydrogen-bond donors (Lipinski definition) is 1. The second-order valence-electron chi connectivity index (χ2n) is 6.63. The fraction of sp³-hybridized carbons (Fsp3) is 0.300. The zero-order valence-corrected chi connectivity index (χ0v) is 16.3. The van der Waals surface area contributed by atoms with Crippen molar-refractivity contribution >= 4 is 34.7 Å². The highest BCUT2D eigenvalue weighted by Gasteiger charge is 2.33. The van der Waals surface area contributed by atoms with Gasteiger partial charge in [0.05, 0.1) is 23.4 Å². The van der Waals surface area contributed by atoms with Crippen LogP contribution in [-0.2, 0) is 11.2 Å². The average Bonchev–Trinajstić information content (AvgIpc) is 3.09. The number of hydrogen-bond acceptors (Lipinski definition) is 4. The largest absolute Gasteiger partial charge is 0.494 e. The van der Waals surface area contributed by atoms with Crippen molar-refractivity contribution < 1.29 is 14.6 Å². The van der Waals surface area contributed by atoms with Gasteiger partial charge < -0.3 is 14.7 Å². The van der Waals surface area contributed by atoms with Crippen LogP contribution in [0.3, 0.4) is 0 Å². The molecule has 1 aliphatic heterocycles. The minimum absolute atomic E-state index is 0.266. The van der Waals surface area contributed by atoms with Crippen molar-refractivity contribution in [1.29, 1.82) is 0 Å². The molecule has 5 nitrogen and oxygen atoms in total. The Morgan fingerprint density at radius 2 is 2.19 bits per heavy atom. The normalized spacial score (nSPS) is 15.6. The maximum Gasteiger partial charge on any atom is 0.248 e. The molecule has 0 radical (unpaired) electrons. The summed E-state index contributed by atoms with van der Waals surface area (Å²) < 4.78 is 5.49. The number of carbonyl (C=O) groups excluding carboxylic acids is 1. The second kappa shape index (κ2) is 7.15. The van der Waals surface area contributed by atoms with Crippen LogP contribution < -0.4 is 4.74 Å². The van der Waals surface area contributed by atoms with E-state index >= 15 is 0 Å². The Hall–Kier alpha value is -2.08. The number of fused-ring (bicyclic) bond motifs is 2. The summed E-state index contributed by atoms with van der Waals surface area (Å²) in [5.41, 5.74) is 6.15. The SMILES string of the molecule is COc1cnccc1-c1cc(Cl)c(Cl)c2c1C1=C(CCN(C(=O)CO)C1)C2. The van der Waals surface area contributed by atoms with Gasteiger partial charge in [0.1, 0.15) is 12.4 Å². The lowest BCUT2D eigenvalue weighted by Gasteiger charge is -2.29. The van der Waals surface area contributed by atoms with Gasteiger partial charge in [0.2, 0.25) is 5.91 Å². The number of pyridine rings is 1. The molecule has 0 fully saturated rings. The summed E-state index contributed by atoms with van der Waals surface area (Å²) in [6.45, 7) is 0.577. The van der Waals surface area contributed by atoms with Gasteiger partial charge in [-0.05, 0) is 47.2 Å². The Labute approximate surface area is 167 Å². The Balaban J connectivity index is 1.90. The third-order valence-corrected chi connectivity index (χ3v) is 6.08. The zero-order valence-electron chi connectivity index (χ0n) is 14.8. The first-order valence-electron chi connectivity index (χ1n) is 8.64. The molecular weight excluding hydrogens is 387 g/mol. The summed E-state index contributed by atoms with van der Waals surface area (Å²) in [4.78, 5) is 17.8. The van der Waals surface area contributed by atoms with Crippen LogP contribution in [0.5, 0.6) is 5.75 Å². The first kappa shape index (κ1) is 18.3. The van der Waals surface area contributed by atoms with Crippen molar-refractivity contribution in [3.8, 4) is 16.9 Å². The molecule has 0 saturated heterocycles. The van der Waals surface area contributed by atoms with Crippen molar-refractivity contribution in [3.05, 3.63) is 51.3 Å². The molecule has 2 heterocycles. The van der Waals surface area contributed by atoms with Crippen molar-refractivity contribution in [2.75, 3.05) is 26.8 Å². The number of rotatable bonds is 3. The number of nitrogens with zero attached hydrogens (tertiary/aromatic N) is 2. The number of amides is 1. The smallest absolute Gasteiger partial charge is 0.248 e. The van der Waals surface area contributed by atoms with Crippen LogP contribution in [0.1, 0.15) is 17.5 Å². The predicted octanol–water partition coefficient (Wildman–Crippen LogP) is 3.60. The third kappa shape index (κ3) is 3.00. The van der Waals surface area contributed by atoms with E-state index in [9.17, 15) is 9.90 Å². The van der Waals surface area contributed by atoms with Crippen molar-refractivity contribution in [2.24, 2.45) is 0 Å². The quantitative estimate of drug-likeness (QED) is 0.848. The van der Waals surface area contributed by atoms with Crippen LogP contribution >= 0.6 is 23.2 Å². The van der Waals surface area contributed by atoms with E-state index in [2.05, 4.69) is 4.98 Å². The van der Waals surface area contributed by atoms with Gasteiger partial charge in [0, 0.05) is 24.8 Å². The van der Waals surface area contributed by atoms with E-state index < -0.39 is 6.61 Å². The molecule has 1 amide bonds. The topological polar surface area (TPSA) is 62.7 Å². The van der Waals surface area contributed by atoms with E-state index in [4.69, 9.17) is 27.9 Å². The van der Waals surface area contributed by atoms with Crippen molar-refractivity contribution in [1.82, 2.24) is 9.88 Å². The Kier molecular flexibility index (Phi) is 4.84. The second-order valence-corrected chi connectivity index (χ2v) is 7.42. The molecule has 0 spiro atoms. The van der Waals surface area contributed by atoms with Gasteiger partial charge in [0.25, 0.3) is 0 Å². The molecule has 27 heavy (non-hydrogen) atoms. The summed E-state index contributed by atoms with van der Waals surface area (Å²) in [5, 5.41) is 10.3. The standard InChI is InChI=1S/C20H18Cl2N2O3/c1-27-17-8-23-4-2-12(17)13-7-16(21)20(22)14-6-11-3-5-24(18(26)10-25)9-15(11)19(13)14/h2,4,7-8,25H,3,5-6,9-10H2,1H3. The molecule has 2 aromatic rings. The number of halogens is 2. The van der Waals surface area contributed by atoms with Crippen LogP contribution in [0.2, 0.25) is 10.0 Å². The molecule has 140 valence electrons. The average molecular weight is 405 g/mol. The highest BCUT2D eigenvalue weighted by molar-refractivity contribution is 6.43. The van der Waals surface area contributed by atoms with Gasteiger partial charge in [-0.2, -0.15) is 0 Å². The van der Waals surface area contributed by atoms with Gasteiger partial charge in [-0.1, -0.05) is 28.8 Å². The predicted molar refractivity (Wildman–Crippen MR) is 105 cm³/mol. The van der Waals surface area contributed by atoms with E-state index in [-0.39, 0.29) is 5.91 Å². The number of aromatic nitrogens is 1. The zero-order chi connectivity index (χ0) is 19.1. The first-order chi connectivity index (χ1) is 13.0. The number of aliphatic hydroxyl groups excluding tert-OH is 1. The highest BCUT2D eigenvalue weighted by Crippen LogP contribution is 2.49. The van der Waals surface area contributed by atoms with Gasteiger partial charge in [-0.25, -0.2) is 0 Å². The van der Waals surface area contributed by atoms with E-state index in [0.29, 0.717) is 28.9 Å². The minimum atomic E-state index is -0.484. The van der Waals surface area contributed by atoms with Crippen LogP contribution in [0.15, 0.2) is 30.1 Å². The van der Waals surface area contributed by atoms with Crippen LogP contribution in [-0.4, -0.2) is 47.7 Å². The maximum atomic E-state index is 12.0. The van der Waals surface area contributed by atoms with Crippen molar-refractivity contribution in [3.63, 3.8) is 0 Å². The minimum Gasteiger partial charge on any atom is -0.494 e. The number of ether oxygens (including phenoxy) is 1. The Bertz CT molecular complexity index is 972. The lowest BCUT2D eigenvalue weighted by Crippen LogP contribution is -2.37. The Morgan fingerprint density at radius 1 is 1.37 bits per heavy atom. The summed E-state index contributed by atoms with van der Waals surface area (Å²) in [6.07, 6.45) is 4.86. The molecule has 1 aromatic carbocycles. The van der Waals surface area contributed by atoms with E-state index in [0.717, 1.165) is 40.7 Å². The Morgan fingerprint density at radius 3 is 2.93 bits per heavy atom. The number of aliphatic hydroxyl groups is 1. The van der Waals surface area contributed by atoms with Crippen LogP contribution in [0.4, 0.5) is 0 Å². The third-order valence-electron chi connectivity index (χ3n) is 5.25. The summed E-state index contributed by atoms with van der Waals surface area (Å²) >= 11 is 13.0. The molecule has 7 heteroatoms. The highest BCUT2D eigenvalue weighted by atomic mass is 35.5.